The Kier molecular flexibility index (Phi) is 5.05. The number of carbonyl (C=O) groups excluding carboxylic acids is 1. The Balaban J connectivity index is 1.42. The average molecular weight is 413 g/mol. The summed E-state index contributed by atoms with van der Waals surface area (Å²) in [6.07, 6.45) is 1.61. The molecule has 1 aliphatic rings. The van der Waals surface area contributed by atoms with Crippen molar-refractivity contribution in [2.45, 2.75) is 0 Å². The van der Waals surface area contributed by atoms with Gasteiger partial charge in [-0.25, -0.2) is 15.0 Å². The van der Waals surface area contributed by atoms with Crippen molar-refractivity contribution in [3.05, 3.63) is 66.5 Å². The van der Waals surface area contributed by atoms with E-state index in [9.17, 15) is 4.79 Å². The zero-order chi connectivity index (χ0) is 21.2. The number of likely N-dealkylation sites (N-methyl/N-ethyl adjacent to an activating group) is 1. The highest BCUT2D eigenvalue weighted by atomic mass is 16.2. The van der Waals surface area contributed by atoms with Gasteiger partial charge in [0.1, 0.15) is 5.52 Å². The number of amides is 1. The van der Waals surface area contributed by atoms with Crippen molar-refractivity contribution in [2.75, 3.05) is 38.5 Å². The lowest BCUT2D eigenvalue weighted by Gasteiger charge is -2.32. The van der Waals surface area contributed by atoms with Crippen LogP contribution in [0, 0.1) is 0 Å². The van der Waals surface area contributed by atoms with Gasteiger partial charge in [0.25, 0.3) is 5.91 Å². The third kappa shape index (κ3) is 3.97. The standard InChI is InChI=1S/C23H23N7O/c1-29-11-13-30(14-12-29)23(31)17-9-7-16(8-10-17)20-27-21-19(24-15-25-21)22(28-20)26-18-5-3-2-4-6-18/h2-10,15H,11-14H2,1H3,(H2,24,25,26,27,28). The monoisotopic (exact) mass is 413 g/mol. The van der Waals surface area contributed by atoms with Crippen LogP contribution in [0.25, 0.3) is 22.6 Å². The molecule has 8 nitrogen and oxygen atoms in total. The summed E-state index contributed by atoms with van der Waals surface area (Å²) in [5.41, 5.74) is 3.76. The van der Waals surface area contributed by atoms with Crippen molar-refractivity contribution < 1.29 is 4.79 Å². The maximum Gasteiger partial charge on any atom is 0.253 e. The highest BCUT2D eigenvalue weighted by Gasteiger charge is 2.20. The van der Waals surface area contributed by atoms with Crippen LogP contribution in [0.3, 0.4) is 0 Å². The maximum absolute atomic E-state index is 12.8. The summed E-state index contributed by atoms with van der Waals surface area (Å²) in [6.45, 7) is 3.31. The largest absolute Gasteiger partial charge is 0.340 e. The zero-order valence-corrected chi connectivity index (χ0v) is 17.2. The minimum absolute atomic E-state index is 0.0646. The van der Waals surface area contributed by atoms with E-state index in [1.165, 1.54) is 0 Å². The fourth-order valence-corrected chi connectivity index (χ4v) is 3.66. The zero-order valence-electron chi connectivity index (χ0n) is 17.2. The Morgan fingerprint density at radius 2 is 1.71 bits per heavy atom. The first-order valence-electron chi connectivity index (χ1n) is 10.3. The molecule has 1 aliphatic heterocycles. The number of aromatic amines is 1. The van der Waals surface area contributed by atoms with E-state index in [4.69, 9.17) is 4.98 Å². The first-order chi connectivity index (χ1) is 15.2. The van der Waals surface area contributed by atoms with Crippen molar-refractivity contribution in [1.82, 2.24) is 29.7 Å². The van der Waals surface area contributed by atoms with E-state index in [0.29, 0.717) is 22.9 Å². The molecule has 4 aromatic rings. The number of para-hydroxylation sites is 1. The molecule has 8 heteroatoms. The van der Waals surface area contributed by atoms with Crippen LogP contribution in [-0.4, -0.2) is 68.9 Å². The van der Waals surface area contributed by atoms with Gasteiger partial charge in [0.2, 0.25) is 0 Å². The number of fused-ring (bicyclic) bond motifs is 1. The summed E-state index contributed by atoms with van der Waals surface area (Å²) in [5.74, 6) is 1.27. The van der Waals surface area contributed by atoms with Crippen LogP contribution in [0.15, 0.2) is 60.9 Å². The summed E-state index contributed by atoms with van der Waals surface area (Å²) in [6, 6.07) is 17.3. The molecule has 0 unspecified atom stereocenters. The van der Waals surface area contributed by atoms with Gasteiger partial charge in [-0.1, -0.05) is 30.3 Å². The minimum Gasteiger partial charge on any atom is -0.340 e. The molecule has 2 N–H and O–H groups in total. The van der Waals surface area contributed by atoms with Gasteiger partial charge in [-0.15, -0.1) is 0 Å². The number of anilines is 2. The van der Waals surface area contributed by atoms with Crippen LogP contribution in [0.5, 0.6) is 0 Å². The Hall–Kier alpha value is -3.78. The van der Waals surface area contributed by atoms with Crippen molar-refractivity contribution in [1.29, 1.82) is 0 Å². The lowest BCUT2D eigenvalue weighted by Crippen LogP contribution is -2.47. The van der Waals surface area contributed by atoms with E-state index in [1.54, 1.807) is 6.33 Å². The number of carbonyl (C=O) groups is 1. The number of nitrogens with zero attached hydrogens (tertiary/aromatic N) is 5. The molecule has 0 aliphatic carbocycles. The molecular weight excluding hydrogens is 390 g/mol. The van der Waals surface area contributed by atoms with Gasteiger partial charge in [0, 0.05) is 43.0 Å². The van der Waals surface area contributed by atoms with E-state index in [1.807, 2.05) is 59.5 Å². The molecule has 1 fully saturated rings. The quantitative estimate of drug-likeness (QED) is 0.534. The molecule has 2 aromatic carbocycles. The lowest BCUT2D eigenvalue weighted by molar-refractivity contribution is 0.0664. The normalized spacial score (nSPS) is 14.7. The molecule has 0 saturated carbocycles. The molecule has 0 atom stereocenters. The minimum atomic E-state index is 0.0646. The average Bonchev–Trinajstić information content (AvgIpc) is 3.29. The highest BCUT2D eigenvalue weighted by Crippen LogP contribution is 2.25. The molecule has 5 rings (SSSR count). The topological polar surface area (TPSA) is 90.0 Å². The number of aromatic nitrogens is 4. The molecule has 156 valence electrons. The third-order valence-electron chi connectivity index (χ3n) is 5.50. The van der Waals surface area contributed by atoms with E-state index in [2.05, 4.69) is 32.2 Å². The first-order valence-corrected chi connectivity index (χ1v) is 10.3. The lowest BCUT2D eigenvalue weighted by atomic mass is 10.1. The second-order valence-corrected chi connectivity index (χ2v) is 7.66. The number of imidazole rings is 1. The summed E-state index contributed by atoms with van der Waals surface area (Å²) < 4.78 is 0. The second kappa shape index (κ2) is 8.16. The van der Waals surface area contributed by atoms with Crippen LogP contribution < -0.4 is 5.32 Å². The molecule has 0 radical (unpaired) electrons. The van der Waals surface area contributed by atoms with Crippen molar-refractivity contribution in [3.63, 3.8) is 0 Å². The third-order valence-corrected chi connectivity index (χ3v) is 5.50. The number of hydrogen-bond acceptors (Lipinski definition) is 6. The Labute approximate surface area is 180 Å². The van der Waals surface area contributed by atoms with Crippen molar-refractivity contribution in [3.8, 4) is 11.4 Å². The number of rotatable bonds is 4. The summed E-state index contributed by atoms with van der Waals surface area (Å²) in [5, 5.41) is 3.33. The Bertz CT molecular complexity index is 1200. The van der Waals surface area contributed by atoms with E-state index in [0.717, 1.165) is 42.9 Å². The predicted octanol–water partition coefficient (Wildman–Crippen LogP) is 3.15. The van der Waals surface area contributed by atoms with Crippen molar-refractivity contribution >= 4 is 28.6 Å². The SMILES string of the molecule is CN1CCN(C(=O)c2ccc(-c3nc(Nc4ccccc4)c4[nH]cnc4n3)cc2)CC1. The molecule has 31 heavy (non-hydrogen) atoms. The fraction of sp³-hybridized carbons (Fsp3) is 0.217. The molecule has 1 saturated heterocycles. The summed E-state index contributed by atoms with van der Waals surface area (Å²) >= 11 is 0. The second-order valence-electron chi connectivity index (χ2n) is 7.66. The molecule has 1 amide bonds. The fourth-order valence-electron chi connectivity index (χ4n) is 3.66. The Morgan fingerprint density at radius 3 is 2.45 bits per heavy atom. The summed E-state index contributed by atoms with van der Waals surface area (Å²) in [7, 11) is 2.08. The smallest absolute Gasteiger partial charge is 0.253 e. The van der Waals surface area contributed by atoms with Crippen LogP contribution in [0.2, 0.25) is 0 Å². The number of hydrogen-bond donors (Lipinski definition) is 2. The molecule has 0 bridgehead atoms. The van der Waals surface area contributed by atoms with Crippen LogP contribution in [0.4, 0.5) is 11.5 Å². The molecule has 2 aromatic heterocycles. The molecule has 3 heterocycles. The van der Waals surface area contributed by atoms with Gasteiger partial charge in [-0.05, 0) is 31.3 Å². The van der Waals surface area contributed by atoms with Gasteiger partial charge < -0.3 is 20.1 Å². The van der Waals surface area contributed by atoms with E-state index >= 15 is 0 Å². The number of nitrogens with one attached hydrogen (secondary N) is 2. The van der Waals surface area contributed by atoms with E-state index < -0.39 is 0 Å². The van der Waals surface area contributed by atoms with Gasteiger partial charge in [0.15, 0.2) is 17.3 Å². The predicted molar refractivity (Wildman–Crippen MR) is 120 cm³/mol. The van der Waals surface area contributed by atoms with Crippen LogP contribution in [0.1, 0.15) is 10.4 Å². The van der Waals surface area contributed by atoms with Gasteiger partial charge in [-0.2, -0.15) is 0 Å². The van der Waals surface area contributed by atoms with Crippen molar-refractivity contribution in [2.24, 2.45) is 0 Å². The van der Waals surface area contributed by atoms with Gasteiger partial charge in [-0.3, -0.25) is 4.79 Å². The van der Waals surface area contributed by atoms with E-state index in [-0.39, 0.29) is 5.91 Å². The van der Waals surface area contributed by atoms with Crippen LogP contribution >= 0.6 is 0 Å². The van der Waals surface area contributed by atoms with Gasteiger partial charge >= 0.3 is 0 Å². The maximum atomic E-state index is 12.8. The first kappa shape index (κ1) is 19.2. The number of H-pyrrole nitrogens is 1. The molecular formula is C23H23N7O. The highest BCUT2D eigenvalue weighted by molar-refractivity contribution is 5.95. The number of benzene rings is 2. The Morgan fingerprint density at radius 1 is 0.968 bits per heavy atom. The van der Waals surface area contributed by atoms with Crippen LogP contribution in [-0.2, 0) is 0 Å². The molecule has 0 spiro atoms. The number of piperazine rings is 1. The summed E-state index contributed by atoms with van der Waals surface area (Å²) in [4.78, 5) is 33.7. The van der Waals surface area contributed by atoms with Gasteiger partial charge in [0.05, 0.1) is 6.33 Å².